The molecular weight excluding hydrogens is 290 g/mol. The van der Waals surface area contributed by atoms with Crippen LogP contribution in [-0.2, 0) is 9.59 Å². The molecule has 2 bridgehead atoms. The number of nitrogens with zero attached hydrogens (tertiary/aromatic N) is 1. The Morgan fingerprint density at radius 2 is 1.59 bits per heavy atom. The van der Waals surface area contributed by atoms with Crippen LogP contribution in [0.2, 0.25) is 23.7 Å². The molecule has 0 N–H and O–H groups in total. The summed E-state index contributed by atoms with van der Waals surface area (Å²) < 4.78 is 0. The van der Waals surface area contributed by atoms with Gasteiger partial charge in [0.25, 0.3) is 11.8 Å². The van der Waals surface area contributed by atoms with Crippen LogP contribution in [-0.4, -0.2) is 31.3 Å². The smallest absolute Gasteiger partial charge is 0.257 e. The van der Waals surface area contributed by atoms with Crippen LogP contribution in [0.4, 0.5) is 0 Å². The van der Waals surface area contributed by atoms with E-state index in [1.165, 1.54) is 4.90 Å². The molecule has 2 amide bonds. The van der Waals surface area contributed by atoms with Gasteiger partial charge in [0.05, 0.1) is 8.07 Å². The topological polar surface area (TPSA) is 37.4 Å². The average molecular weight is 318 g/mol. The third-order valence-electron chi connectivity index (χ3n) is 6.72. The predicted octanol–water partition coefficient (Wildman–Crippen LogP) is 3.76. The number of imide groups is 1. The molecule has 1 heterocycles. The van der Waals surface area contributed by atoms with Crippen LogP contribution in [0, 0.1) is 11.8 Å². The van der Waals surface area contributed by atoms with Crippen LogP contribution >= 0.6 is 0 Å². The van der Waals surface area contributed by atoms with Gasteiger partial charge in [0.1, 0.15) is 0 Å². The number of hydrogen-bond donors (Lipinski definition) is 0. The van der Waals surface area contributed by atoms with Crippen molar-refractivity contribution < 1.29 is 9.59 Å². The van der Waals surface area contributed by atoms with Gasteiger partial charge in [0.15, 0.2) is 0 Å². The quantitative estimate of drug-likeness (QED) is 0.451. The molecule has 3 rings (SSSR count). The summed E-state index contributed by atoms with van der Waals surface area (Å²) in [4.78, 5) is 26.8. The minimum atomic E-state index is -1.59. The molecule has 0 spiro atoms. The van der Waals surface area contributed by atoms with Gasteiger partial charge in [0.2, 0.25) is 0 Å². The van der Waals surface area contributed by atoms with Crippen molar-refractivity contribution in [2.75, 3.05) is 6.54 Å². The van der Waals surface area contributed by atoms with Crippen molar-refractivity contribution in [3.63, 3.8) is 0 Å². The first-order valence-electron chi connectivity index (χ1n) is 8.34. The third-order valence-corrected chi connectivity index (χ3v) is 13.1. The van der Waals surface area contributed by atoms with E-state index < -0.39 is 8.07 Å². The average Bonchev–Trinajstić information content (AvgIpc) is 3.03. The predicted molar refractivity (Wildman–Crippen MR) is 91.1 cm³/mol. The van der Waals surface area contributed by atoms with Crippen LogP contribution in [0.15, 0.2) is 23.8 Å². The number of carbonyl (C=O) groups is 2. The lowest BCUT2D eigenvalue weighted by Gasteiger charge is -2.45. The molecule has 2 atom stereocenters. The highest BCUT2D eigenvalue weighted by atomic mass is 28.3. The molecule has 0 saturated heterocycles. The Hall–Kier alpha value is -1.16. The van der Waals surface area contributed by atoms with Gasteiger partial charge in [0, 0.05) is 17.7 Å². The van der Waals surface area contributed by atoms with Crippen LogP contribution < -0.4 is 0 Å². The van der Waals surface area contributed by atoms with Gasteiger partial charge in [-0.25, -0.2) is 0 Å². The Morgan fingerprint density at radius 1 is 1.14 bits per heavy atom. The first-order chi connectivity index (χ1) is 10.1. The molecule has 1 saturated carbocycles. The number of carbonyl (C=O) groups excluding carboxylic acids is 2. The normalized spacial score (nSPS) is 31.3. The maximum absolute atomic E-state index is 12.7. The van der Waals surface area contributed by atoms with Crippen molar-refractivity contribution >= 4 is 19.9 Å². The molecule has 2 unspecified atom stereocenters. The molecule has 0 aromatic rings. The minimum Gasteiger partial charge on any atom is -0.271 e. The van der Waals surface area contributed by atoms with Crippen LogP contribution in [0.3, 0.4) is 0 Å². The molecule has 2 aliphatic carbocycles. The second kappa shape index (κ2) is 4.67. The Labute approximate surface area is 134 Å². The van der Waals surface area contributed by atoms with Crippen molar-refractivity contribution in [1.82, 2.24) is 4.90 Å². The Bertz CT molecular complexity index is 563. The van der Waals surface area contributed by atoms with E-state index in [9.17, 15) is 9.59 Å². The van der Waals surface area contributed by atoms with E-state index in [-0.39, 0.29) is 16.9 Å². The standard InChI is InChI=1S/C18H27NO2Si/c1-7-10-19-16(20)13-11-8-9-12(14(13)17(19)21)15(11)22(5,6)18(2,3)4/h7,11-12,15H,1,8-10H2,2-6H3. The molecule has 22 heavy (non-hydrogen) atoms. The van der Waals surface area contributed by atoms with E-state index in [0.29, 0.717) is 23.9 Å². The summed E-state index contributed by atoms with van der Waals surface area (Å²) >= 11 is 0. The number of amides is 2. The minimum absolute atomic E-state index is 0.0317. The maximum Gasteiger partial charge on any atom is 0.257 e. The van der Waals surface area contributed by atoms with E-state index in [1.807, 2.05) is 0 Å². The van der Waals surface area contributed by atoms with E-state index in [1.54, 1.807) is 6.08 Å². The summed E-state index contributed by atoms with van der Waals surface area (Å²) in [6, 6.07) is 0. The highest BCUT2D eigenvalue weighted by Crippen LogP contribution is 2.65. The van der Waals surface area contributed by atoms with Gasteiger partial charge in [-0.2, -0.15) is 0 Å². The number of fused-ring (bicyclic) bond motifs is 4. The van der Waals surface area contributed by atoms with Gasteiger partial charge < -0.3 is 0 Å². The monoisotopic (exact) mass is 317 g/mol. The Morgan fingerprint density at radius 3 is 1.95 bits per heavy atom. The summed E-state index contributed by atoms with van der Waals surface area (Å²) in [6.07, 6.45) is 3.81. The lowest BCUT2D eigenvalue weighted by Crippen LogP contribution is -2.46. The summed E-state index contributed by atoms with van der Waals surface area (Å²) in [5.41, 5.74) is 2.30. The van der Waals surface area contributed by atoms with E-state index >= 15 is 0 Å². The summed E-state index contributed by atoms with van der Waals surface area (Å²) in [6.45, 7) is 15.9. The number of hydrogen-bond acceptors (Lipinski definition) is 2. The highest BCUT2D eigenvalue weighted by molar-refractivity contribution is 6.82. The van der Waals surface area contributed by atoms with Crippen molar-refractivity contribution in [1.29, 1.82) is 0 Å². The molecule has 0 aromatic heterocycles. The largest absolute Gasteiger partial charge is 0.271 e. The molecule has 1 fully saturated rings. The fraction of sp³-hybridized carbons (Fsp3) is 0.667. The maximum atomic E-state index is 12.7. The lowest BCUT2D eigenvalue weighted by molar-refractivity contribution is -0.137. The van der Waals surface area contributed by atoms with Crippen molar-refractivity contribution in [2.45, 2.75) is 57.3 Å². The molecule has 4 heteroatoms. The van der Waals surface area contributed by atoms with Crippen molar-refractivity contribution in [3.8, 4) is 0 Å². The number of likely N-dealkylation sites (tertiary alicyclic amines) is 1. The second-order valence-electron chi connectivity index (χ2n) is 8.62. The summed E-state index contributed by atoms with van der Waals surface area (Å²) in [7, 11) is -1.59. The number of rotatable bonds is 3. The van der Waals surface area contributed by atoms with E-state index in [0.717, 1.165) is 24.0 Å². The third kappa shape index (κ3) is 1.79. The van der Waals surface area contributed by atoms with Crippen LogP contribution in [0.1, 0.15) is 33.6 Å². The highest BCUT2D eigenvalue weighted by Gasteiger charge is 2.62. The summed E-state index contributed by atoms with van der Waals surface area (Å²) in [5, 5.41) is 0.283. The van der Waals surface area contributed by atoms with Crippen LogP contribution in [0.5, 0.6) is 0 Å². The van der Waals surface area contributed by atoms with Crippen LogP contribution in [0.25, 0.3) is 0 Å². The summed E-state index contributed by atoms with van der Waals surface area (Å²) in [5.74, 6) is 0.589. The molecule has 3 aliphatic rings. The van der Waals surface area contributed by atoms with Gasteiger partial charge in [-0.1, -0.05) is 39.9 Å². The first-order valence-corrected chi connectivity index (χ1v) is 11.4. The zero-order valence-electron chi connectivity index (χ0n) is 14.4. The van der Waals surface area contributed by atoms with E-state index in [4.69, 9.17) is 0 Å². The molecular formula is C18H27NO2Si. The fourth-order valence-electron chi connectivity index (χ4n) is 4.78. The Balaban J connectivity index is 1.99. The van der Waals surface area contributed by atoms with Crippen molar-refractivity contribution in [3.05, 3.63) is 23.8 Å². The van der Waals surface area contributed by atoms with Gasteiger partial charge in [-0.15, -0.1) is 6.58 Å². The molecule has 0 radical (unpaired) electrons. The first kappa shape index (κ1) is 15.7. The molecule has 1 aliphatic heterocycles. The lowest BCUT2D eigenvalue weighted by atomic mass is 9.93. The zero-order valence-corrected chi connectivity index (χ0v) is 15.4. The van der Waals surface area contributed by atoms with Crippen molar-refractivity contribution in [2.24, 2.45) is 11.8 Å². The van der Waals surface area contributed by atoms with Gasteiger partial charge in [-0.05, 0) is 35.3 Å². The van der Waals surface area contributed by atoms with E-state index in [2.05, 4.69) is 40.4 Å². The zero-order chi connectivity index (χ0) is 16.4. The molecule has 0 aromatic carbocycles. The molecule has 3 nitrogen and oxygen atoms in total. The molecule has 120 valence electrons. The van der Waals surface area contributed by atoms with Gasteiger partial charge >= 0.3 is 0 Å². The fourth-order valence-corrected chi connectivity index (χ4v) is 8.46. The van der Waals surface area contributed by atoms with Gasteiger partial charge in [-0.3, -0.25) is 14.5 Å². The Kier molecular flexibility index (Phi) is 3.33. The second-order valence-corrected chi connectivity index (χ2v) is 14.2. The SMILES string of the molecule is C=CCN1C(=O)C2=C(C1=O)C1CCC2C1[Si](C)(C)C(C)(C)C.